The van der Waals surface area contributed by atoms with E-state index in [1.54, 1.807) is 24.3 Å². The van der Waals surface area contributed by atoms with Gasteiger partial charge in [-0.05, 0) is 37.0 Å². The molecule has 5 nitrogen and oxygen atoms in total. The number of hydrogen-bond acceptors (Lipinski definition) is 2. The van der Waals surface area contributed by atoms with Crippen molar-refractivity contribution < 1.29 is 9.59 Å². The molecule has 1 aromatic carbocycles. The van der Waals surface area contributed by atoms with E-state index in [-0.39, 0.29) is 18.0 Å². The number of anilines is 2. The minimum atomic E-state index is -0.186. The van der Waals surface area contributed by atoms with Crippen molar-refractivity contribution in [2.75, 3.05) is 10.6 Å². The minimum Gasteiger partial charge on any atom is -0.335 e. The standard InChI is InChI=1S/C16H23N3O2/c1-11-6-3-4-9-15(11)19-16(21)18-14-8-5-7-13(10-14)17-12(2)20/h5,7-8,10-11,15H,3-4,6,9H2,1-2H3,(H,17,20)(H2,18,19,21). The highest BCUT2D eigenvalue weighted by Gasteiger charge is 2.22. The van der Waals surface area contributed by atoms with Crippen LogP contribution in [0.3, 0.4) is 0 Å². The summed E-state index contributed by atoms with van der Waals surface area (Å²) in [7, 11) is 0. The predicted octanol–water partition coefficient (Wildman–Crippen LogP) is 3.35. The van der Waals surface area contributed by atoms with Gasteiger partial charge in [0.2, 0.25) is 5.91 Å². The molecule has 1 aliphatic carbocycles. The first kappa shape index (κ1) is 15.4. The largest absolute Gasteiger partial charge is 0.335 e. The molecule has 0 heterocycles. The summed E-state index contributed by atoms with van der Waals surface area (Å²) in [6.45, 7) is 3.64. The maximum absolute atomic E-state index is 12.1. The van der Waals surface area contributed by atoms with Crippen LogP contribution in [-0.4, -0.2) is 18.0 Å². The summed E-state index contributed by atoms with van der Waals surface area (Å²) in [6, 6.07) is 7.18. The Morgan fingerprint density at radius 1 is 1.10 bits per heavy atom. The first-order chi connectivity index (χ1) is 10.0. The first-order valence-electron chi connectivity index (χ1n) is 7.50. The Hall–Kier alpha value is -2.04. The highest BCUT2D eigenvalue weighted by atomic mass is 16.2. The molecule has 114 valence electrons. The highest BCUT2D eigenvalue weighted by Crippen LogP contribution is 2.24. The van der Waals surface area contributed by atoms with Crippen LogP contribution < -0.4 is 16.0 Å². The van der Waals surface area contributed by atoms with Gasteiger partial charge in [-0.1, -0.05) is 25.8 Å². The quantitative estimate of drug-likeness (QED) is 0.798. The van der Waals surface area contributed by atoms with E-state index in [2.05, 4.69) is 22.9 Å². The molecule has 1 aromatic rings. The summed E-state index contributed by atoms with van der Waals surface area (Å²) >= 11 is 0. The number of carbonyl (C=O) groups excluding carboxylic acids is 2. The second-order valence-corrected chi connectivity index (χ2v) is 5.73. The van der Waals surface area contributed by atoms with E-state index in [0.717, 1.165) is 6.42 Å². The molecular formula is C16H23N3O2. The van der Waals surface area contributed by atoms with Crippen molar-refractivity contribution in [2.24, 2.45) is 5.92 Å². The number of amides is 3. The average molecular weight is 289 g/mol. The lowest BCUT2D eigenvalue weighted by atomic mass is 9.86. The van der Waals surface area contributed by atoms with Crippen molar-refractivity contribution in [1.82, 2.24) is 5.32 Å². The molecule has 2 unspecified atom stereocenters. The molecule has 0 aromatic heterocycles. The molecule has 3 amide bonds. The van der Waals surface area contributed by atoms with Crippen molar-refractivity contribution in [3.05, 3.63) is 24.3 Å². The SMILES string of the molecule is CC(=O)Nc1cccc(NC(=O)NC2CCCCC2C)c1. The Morgan fingerprint density at radius 2 is 1.76 bits per heavy atom. The molecule has 1 saturated carbocycles. The third-order valence-corrected chi connectivity index (χ3v) is 3.87. The first-order valence-corrected chi connectivity index (χ1v) is 7.50. The number of nitrogens with one attached hydrogen (secondary N) is 3. The summed E-state index contributed by atoms with van der Waals surface area (Å²) < 4.78 is 0. The smallest absolute Gasteiger partial charge is 0.319 e. The maximum Gasteiger partial charge on any atom is 0.319 e. The van der Waals surface area contributed by atoms with Crippen LogP contribution in [0.15, 0.2) is 24.3 Å². The van der Waals surface area contributed by atoms with Gasteiger partial charge in [-0.15, -0.1) is 0 Å². The monoisotopic (exact) mass is 289 g/mol. The van der Waals surface area contributed by atoms with Crippen LogP contribution in [-0.2, 0) is 4.79 Å². The maximum atomic E-state index is 12.1. The zero-order chi connectivity index (χ0) is 15.2. The van der Waals surface area contributed by atoms with Crippen LogP contribution in [0.5, 0.6) is 0 Å². The van der Waals surface area contributed by atoms with E-state index in [1.165, 1.54) is 26.2 Å². The van der Waals surface area contributed by atoms with E-state index >= 15 is 0 Å². The van der Waals surface area contributed by atoms with Crippen molar-refractivity contribution in [1.29, 1.82) is 0 Å². The normalized spacial score (nSPS) is 21.4. The number of hydrogen-bond donors (Lipinski definition) is 3. The van der Waals surface area contributed by atoms with Gasteiger partial charge in [-0.2, -0.15) is 0 Å². The molecule has 2 rings (SSSR count). The van der Waals surface area contributed by atoms with Crippen LogP contribution in [0.4, 0.5) is 16.2 Å². The fraction of sp³-hybridized carbons (Fsp3) is 0.500. The van der Waals surface area contributed by atoms with Crippen LogP contribution in [0, 0.1) is 5.92 Å². The van der Waals surface area contributed by atoms with Gasteiger partial charge in [-0.25, -0.2) is 4.79 Å². The molecule has 0 saturated heterocycles. The van der Waals surface area contributed by atoms with Crippen LogP contribution in [0.25, 0.3) is 0 Å². The number of urea groups is 1. The Kier molecular flexibility index (Phi) is 5.20. The molecule has 3 N–H and O–H groups in total. The lowest BCUT2D eigenvalue weighted by molar-refractivity contribution is -0.114. The van der Waals surface area contributed by atoms with E-state index in [1.807, 2.05) is 0 Å². The molecule has 0 radical (unpaired) electrons. The third kappa shape index (κ3) is 4.77. The highest BCUT2D eigenvalue weighted by molar-refractivity contribution is 5.92. The van der Waals surface area contributed by atoms with Gasteiger partial charge in [0.15, 0.2) is 0 Å². The Balaban J connectivity index is 1.91. The average Bonchev–Trinajstić information content (AvgIpc) is 2.41. The molecule has 1 aliphatic rings. The van der Waals surface area contributed by atoms with Crippen molar-refractivity contribution in [2.45, 2.75) is 45.6 Å². The van der Waals surface area contributed by atoms with Gasteiger partial charge in [-0.3, -0.25) is 4.79 Å². The zero-order valence-corrected chi connectivity index (χ0v) is 12.6. The molecule has 21 heavy (non-hydrogen) atoms. The summed E-state index contributed by atoms with van der Waals surface area (Å²) in [6.07, 6.45) is 4.64. The Bertz CT molecular complexity index is 516. The van der Waals surface area contributed by atoms with Gasteiger partial charge in [0.1, 0.15) is 0 Å². The fourth-order valence-corrected chi connectivity index (χ4v) is 2.74. The zero-order valence-electron chi connectivity index (χ0n) is 12.6. The van der Waals surface area contributed by atoms with E-state index in [0.29, 0.717) is 17.3 Å². The second kappa shape index (κ2) is 7.11. The topological polar surface area (TPSA) is 70.2 Å². The van der Waals surface area contributed by atoms with Gasteiger partial charge in [0.25, 0.3) is 0 Å². The number of rotatable bonds is 3. The molecular weight excluding hydrogens is 266 g/mol. The van der Waals surface area contributed by atoms with E-state index in [9.17, 15) is 9.59 Å². The van der Waals surface area contributed by atoms with E-state index < -0.39 is 0 Å². The Morgan fingerprint density at radius 3 is 2.43 bits per heavy atom. The Labute approximate surface area is 125 Å². The van der Waals surface area contributed by atoms with Crippen molar-refractivity contribution in [3.8, 4) is 0 Å². The van der Waals surface area contributed by atoms with Gasteiger partial charge >= 0.3 is 6.03 Å². The molecule has 0 bridgehead atoms. The predicted molar refractivity (Wildman–Crippen MR) is 84.3 cm³/mol. The summed E-state index contributed by atoms with van der Waals surface area (Å²) in [5.41, 5.74) is 1.34. The summed E-state index contributed by atoms with van der Waals surface area (Å²) in [5.74, 6) is 0.392. The lowest BCUT2D eigenvalue weighted by Gasteiger charge is -2.29. The van der Waals surface area contributed by atoms with Crippen molar-refractivity contribution in [3.63, 3.8) is 0 Å². The lowest BCUT2D eigenvalue weighted by Crippen LogP contribution is -2.43. The molecule has 0 spiro atoms. The molecule has 0 aliphatic heterocycles. The number of benzene rings is 1. The summed E-state index contributed by atoms with van der Waals surface area (Å²) in [5, 5.41) is 8.56. The number of carbonyl (C=O) groups is 2. The van der Waals surface area contributed by atoms with Crippen LogP contribution in [0.1, 0.15) is 39.5 Å². The second-order valence-electron chi connectivity index (χ2n) is 5.73. The minimum absolute atomic E-state index is 0.132. The fourth-order valence-electron chi connectivity index (χ4n) is 2.74. The van der Waals surface area contributed by atoms with Crippen LogP contribution in [0.2, 0.25) is 0 Å². The van der Waals surface area contributed by atoms with Crippen molar-refractivity contribution >= 4 is 23.3 Å². The third-order valence-electron chi connectivity index (χ3n) is 3.87. The van der Waals surface area contributed by atoms with Gasteiger partial charge < -0.3 is 16.0 Å². The summed E-state index contributed by atoms with van der Waals surface area (Å²) in [4.78, 5) is 23.1. The van der Waals surface area contributed by atoms with Gasteiger partial charge in [0, 0.05) is 24.3 Å². The molecule has 5 heteroatoms. The van der Waals surface area contributed by atoms with Crippen LogP contribution >= 0.6 is 0 Å². The van der Waals surface area contributed by atoms with Gasteiger partial charge in [0.05, 0.1) is 0 Å². The van der Waals surface area contributed by atoms with E-state index in [4.69, 9.17) is 0 Å². The molecule has 2 atom stereocenters. The molecule has 1 fully saturated rings.